The van der Waals surface area contributed by atoms with E-state index >= 15 is 0 Å². The van der Waals surface area contributed by atoms with Crippen molar-refractivity contribution in [2.24, 2.45) is 5.41 Å². The molecule has 0 aromatic heterocycles. The first kappa shape index (κ1) is 19.1. The highest BCUT2D eigenvalue weighted by Gasteiger charge is 2.31. The Hall–Kier alpha value is -0.940. The highest BCUT2D eigenvalue weighted by molar-refractivity contribution is 5.82. The van der Waals surface area contributed by atoms with Gasteiger partial charge in [0.2, 0.25) is 5.91 Å². The Balaban J connectivity index is 2.69. The van der Waals surface area contributed by atoms with Gasteiger partial charge in [0.15, 0.2) is 0 Å². The molecule has 1 aliphatic heterocycles. The van der Waals surface area contributed by atoms with Crippen LogP contribution in [0.4, 0.5) is 0 Å². The molecule has 1 amide bonds. The van der Waals surface area contributed by atoms with Crippen molar-refractivity contribution in [3.05, 3.63) is 0 Å². The lowest BCUT2D eigenvalue weighted by molar-refractivity contribution is -0.140. The van der Waals surface area contributed by atoms with Gasteiger partial charge in [0, 0.05) is 30.6 Å². The van der Waals surface area contributed by atoms with Gasteiger partial charge in [-0.15, -0.1) is 0 Å². The number of carbonyl (C=O) groups is 2. The third-order valence-electron chi connectivity index (χ3n) is 4.80. The molecule has 1 fully saturated rings. The molecule has 22 heavy (non-hydrogen) atoms. The summed E-state index contributed by atoms with van der Waals surface area (Å²) in [4.78, 5) is 28.0. The maximum absolute atomic E-state index is 12.7. The van der Waals surface area contributed by atoms with Crippen LogP contribution in [0, 0.1) is 5.41 Å². The Kier molecular flexibility index (Phi) is 7.00. The van der Waals surface area contributed by atoms with Crippen LogP contribution in [0.15, 0.2) is 0 Å². The molecule has 1 saturated heterocycles. The molecular weight excluding hydrogens is 278 g/mol. The van der Waals surface area contributed by atoms with Crippen LogP contribution in [0.3, 0.4) is 0 Å². The van der Waals surface area contributed by atoms with Gasteiger partial charge in [0.05, 0.1) is 6.04 Å². The standard InChI is InChI=1S/C17H33N3O2/c1-13-7-8-15(19(13)6)9-10-20(11-14(12-21)18-5)16(22)17(2,3)4/h12-15,18H,7-11H2,1-6H3. The van der Waals surface area contributed by atoms with Crippen molar-refractivity contribution in [1.29, 1.82) is 0 Å². The van der Waals surface area contributed by atoms with E-state index in [0.717, 1.165) is 12.7 Å². The van der Waals surface area contributed by atoms with Gasteiger partial charge in [-0.2, -0.15) is 0 Å². The summed E-state index contributed by atoms with van der Waals surface area (Å²) in [7, 11) is 3.92. The van der Waals surface area contributed by atoms with Gasteiger partial charge >= 0.3 is 0 Å². The number of hydrogen-bond acceptors (Lipinski definition) is 4. The molecule has 0 bridgehead atoms. The van der Waals surface area contributed by atoms with Crippen molar-refractivity contribution in [3.8, 4) is 0 Å². The molecule has 128 valence electrons. The SMILES string of the molecule is CNC(C=O)CN(CCC1CCC(C)N1C)C(=O)C(C)(C)C. The zero-order valence-corrected chi connectivity index (χ0v) is 15.1. The number of likely N-dealkylation sites (tertiary alicyclic amines) is 1. The Bertz CT molecular complexity index is 379. The molecule has 0 saturated carbocycles. The second-order valence-corrected chi connectivity index (χ2v) is 7.57. The van der Waals surface area contributed by atoms with Crippen LogP contribution in [-0.2, 0) is 9.59 Å². The number of nitrogens with zero attached hydrogens (tertiary/aromatic N) is 2. The van der Waals surface area contributed by atoms with Gasteiger partial charge in [-0.3, -0.25) is 4.79 Å². The Morgan fingerprint density at radius 1 is 1.41 bits per heavy atom. The van der Waals surface area contributed by atoms with E-state index in [0.29, 0.717) is 25.2 Å². The number of amides is 1. The topological polar surface area (TPSA) is 52.7 Å². The zero-order chi connectivity index (χ0) is 16.9. The molecule has 1 heterocycles. The lowest BCUT2D eigenvalue weighted by atomic mass is 9.94. The number of hydrogen-bond donors (Lipinski definition) is 1. The zero-order valence-electron chi connectivity index (χ0n) is 15.1. The summed E-state index contributed by atoms with van der Waals surface area (Å²) in [5, 5.41) is 2.96. The van der Waals surface area contributed by atoms with Gasteiger partial charge in [-0.1, -0.05) is 20.8 Å². The van der Waals surface area contributed by atoms with Crippen LogP contribution in [0.2, 0.25) is 0 Å². The average Bonchev–Trinajstić information content (AvgIpc) is 2.78. The summed E-state index contributed by atoms with van der Waals surface area (Å²) in [6.45, 7) is 9.21. The van der Waals surface area contributed by atoms with E-state index in [2.05, 4.69) is 24.2 Å². The molecule has 0 spiro atoms. The summed E-state index contributed by atoms with van der Waals surface area (Å²) in [6.07, 6.45) is 4.27. The molecule has 0 aromatic carbocycles. The van der Waals surface area contributed by atoms with E-state index in [9.17, 15) is 9.59 Å². The van der Waals surface area contributed by atoms with Crippen molar-refractivity contribution < 1.29 is 9.59 Å². The van der Waals surface area contributed by atoms with E-state index < -0.39 is 5.41 Å². The number of carbonyl (C=O) groups excluding carboxylic acids is 2. The van der Waals surface area contributed by atoms with Crippen molar-refractivity contribution in [2.75, 3.05) is 27.2 Å². The van der Waals surface area contributed by atoms with Crippen molar-refractivity contribution >= 4 is 12.2 Å². The second kappa shape index (κ2) is 8.06. The van der Waals surface area contributed by atoms with Crippen LogP contribution in [-0.4, -0.2) is 67.3 Å². The maximum Gasteiger partial charge on any atom is 0.228 e. The van der Waals surface area contributed by atoms with Gasteiger partial charge < -0.3 is 19.9 Å². The highest BCUT2D eigenvalue weighted by atomic mass is 16.2. The third kappa shape index (κ3) is 5.06. The minimum atomic E-state index is -0.421. The summed E-state index contributed by atoms with van der Waals surface area (Å²) in [6, 6.07) is 0.859. The smallest absolute Gasteiger partial charge is 0.228 e. The van der Waals surface area contributed by atoms with E-state index in [-0.39, 0.29) is 11.9 Å². The first-order valence-electron chi connectivity index (χ1n) is 8.34. The number of likely N-dealkylation sites (N-methyl/N-ethyl adjacent to an activating group) is 1. The van der Waals surface area contributed by atoms with E-state index in [1.807, 2.05) is 25.7 Å². The molecule has 5 heteroatoms. The first-order valence-corrected chi connectivity index (χ1v) is 8.34. The first-order chi connectivity index (χ1) is 10.2. The van der Waals surface area contributed by atoms with Crippen molar-refractivity contribution in [2.45, 2.75) is 65.1 Å². The molecule has 1 rings (SSSR count). The summed E-state index contributed by atoms with van der Waals surface area (Å²) in [5.41, 5.74) is -0.421. The largest absolute Gasteiger partial charge is 0.340 e. The fourth-order valence-corrected chi connectivity index (χ4v) is 3.04. The quantitative estimate of drug-likeness (QED) is 0.724. The molecular formula is C17H33N3O2. The third-order valence-corrected chi connectivity index (χ3v) is 4.80. The van der Waals surface area contributed by atoms with Crippen LogP contribution < -0.4 is 5.32 Å². The number of rotatable bonds is 7. The predicted molar refractivity (Wildman–Crippen MR) is 89.8 cm³/mol. The summed E-state index contributed by atoms with van der Waals surface area (Å²) < 4.78 is 0. The summed E-state index contributed by atoms with van der Waals surface area (Å²) in [5.74, 6) is 0.114. The molecule has 3 unspecified atom stereocenters. The van der Waals surface area contributed by atoms with Crippen molar-refractivity contribution in [3.63, 3.8) is 0 Å². The molecule has 5 nitrogen and oxygen atoms in total. The van der Waals surface area contributed by atoms with Crippen molar-refractivity contribution in [1.82, 2.24) is 15.1 Å². The predicted octanol–water partition coefficient (Wildman–Crippen LogP) is 1.52. The fraction of sp³-hybridized carbons (Fsp3) is 0.882. The summed E-state index contributed by atoms with van der Waals surface area (Å²) >= 11 is 0. The van der Waals surface area contributed by atoms with Crippen LogP contribution >= 0.6 is 0 Å². The molecule has 1 aliphatic rings. The second-order valence-electron chi connectivity index (χ2n) is 7.57. The minimum Gasteiger partial charge on any atom is -0.340 e. The normalized spacial score (nSPS) is 24.3. The number of nitrogens with one attached hydrogen (secondary N) is 1. The Labute approximate surface area is 135 Å². The highest BCUT2D eigenvalue weighted by Crippen LogP contribution is 2.25. The lowest BCUT2D eigenvalue weighted by Crippen LogP contribution is -2.48. The van der Waals surface area contributed by atoms with Gasteiger partial charge in [-0.25, -0.2) is 0 Å². The van der Waals surface area contributed by atoms with Crippen LogP contribution in [0.5, 0.6) is 0 Å². The lowest BCUT2D eigenvalue weighted by Gasteiger charge is -2.33. The Morgan fingerprint density at radius 3 is 2.45 bits per heavy atom. The van der Waals surface area contributed by atoms with Gasteiger partial charge in [0.1, 0.15) is 6.29 Å². The molecule has 3 atom stereocenters. The molecule has 0 aliphatic carbocycles. The maximum atomic E-state index is 12.7. The van der Waals surface area contributed by atoms with E-state index in [1.54, 1.807) is 7.05 Å². The van der Waals surface area contributed by atoms with Gasteiger partial charge in [0.25, 0.3) is 0 Å². The van der Waals surface area contributed by atoms with Gasteiger partial charge in [-0.05, 0) is 40.3 Å². The molecule has 0 aromatic rings. The van der Waals surface area contributed by atoms with E-state index in [1.165, 1.54) is 12.8 Å². The van der Waals surface area contributed by atoms with E-state index in [4.69, 9.17) is 0 Å². The Morgan fingerprint density at radius 2 is 2.05 bits per heavy atom. The average molecular weight is 311 g/mol. The number of aldehydes is 1. The molecule has 0 radical (unpaired) electrons. The van der Waals surface area contributed by atoms with Crippen LogP contribution in [0.25, 0.3) is 0 Å². The monoisotopic (exact) mass is 311 g/mol. The fourth-order valence-electron chi connectivity index (χ4n) is 3.04. The minimum absolute atomic E-state index is 0.114. The molecule has 1 N–H and O–H groups in total. The van der Waals surface area contributed by atoms with Crippen LogP contribution in [0.1, 0.15) is 47.0 Å².